The van der Waals surface area contributed by atoms with Crippen LogP contribution in [-0.2, 0) is 0 Å². The largest absolute Gasteiger partial charge is 0.456 e. The third-order valence-corrected chi connectivity index (χ3v) is 10.3. The van der Waals surface area contributed by atoms with E-state index in [4.69, 9.17) is 18.8 Å². The first-order valence-corrected chi connectivity index (χ1v) is 17.5. The maximum atomic E-state index is 6.62. The summed E-state index contributed by atoms with van der Waals surface area (Å²) in [6.45, 7) is 0. The van der Waals surface area contributed by atoms with Crippen LogP contribution < -0.4 is 0 Å². The van der Waals surface area contributed by atoms with Gasteiger partial charge in [-0.2, -0.15) is 0 Å². The molecule has 0 saturated heterocycles. The minimum absolute atomic E-state index is 0.614. The predicted molar refractivity (Wildman–Crippen MR) is 213 cm³/mol. The van der Waals surface area contributed by atoms with Gasteiger partial charge in [0.05, 0.1) is 0 Å². The Labute approximate surface area is 298 Å². The lowest BCUT2D eigenvalue weighted by Gasteiger charge is -2.13. The van der Waals surface area contributed by atoms with E-state index in [0.717, 1.165) is 77.5 Å². The predicted octanol–water partition coefficient (Wildman–Crippen LogP) is 13.2. The van der Waals surface area contributed by atoms with E-state index in [1.165, 1.54) is 21.5 Å². The summed E-state index contributed by atoms with van der Waals surface area (Å²) in [4.78, 5) is 10.7. The Morgan fingerprint density at radius 3 is 1.87 bits per heavy atom. The van der Waals surface area contributed by atoms with Crippen LogP contribution in [0.4, 0.5) is 0 Å². The van der Waals surface area contributed by atoms with E-state index in [1.54, 1.807) is 0 Å². The molecule has 242 valence electrons. The summed E-state index contributed by atoms with van der Waals surface area (Å²) < 4.78 is 13.2. The fourth-order valence-corrected chi connectivity index (χ4v) is 7.86. The zero-order valence-electron chi connectivity index (χ0n) is 27.9. The van der Waals surface area contributed by atoms with Gasteiger partial charge < -0.3 is 8.83 Å². The molecule has 0 bridgehead atoms. The van der Waals surface area contributed by atoms with Crippen molar-refractivity contribution in [3.05, 3.63) is 170 Å². The summed E-state index contributed by atoms with van der Waals surface area (Å²) in [6.07, 6.45) is 0. The second-order valence-corrected chi connectivity index (χ2v) is 13.3. The molecule has 0 atom stereocenters. The zero-order valence-corrected chi connectivity index (χ0v) is 27.9. The number of para-hydroxylation sites is 2. The van der Waals surface area contributed by atoms with E-state index < -0.39 is 0 Å². The lowest BCUT2D eigenvalue weighted by molar-refractivity contribution is 0.667. The van der Waals surface area contributed by atoms with E-state index >= 15 is 0 Å². The van der Waals surface area contributed by atoms with Crippen LogP contribution in [0.1, 0.15) is 0 Å². The Balaban J connectivity index is 1.24. The summed E-state index contributed by atoms with van der Waals surface area (Å²) in [5, 5.41) is 7.77. The normalized spacial score (nSPS) is 11.8. The fraction of sp³-hybridized carbons (Fsp3) is 0. The van der Waals surface area contributed by atoms with E-state index in [9.17, 15) is 0 Å². The first kappa shape index (κ1) is 28.8. The Bertz CT molecular complexity index is 3190. The lowest BCUT2D eigenvalue weighted by Crippen LogP contribution is -1.95. The van der Waals surface area contributed by atoms with Gasteiger partial charge in [0.15, 0.2) is 11.4 Å². The number of aromatic nitrogens is 2. The molecule has 0 spiro atoms. The van der Waals surface area contributed by atoms with Gasteiger partial charge in [-0.15, -0.1) is 0 Å². The third-order valence-electron chi connectivity index (χ3n) is 10.3. The van der Waals surface area contributed by atoms with Crippen molar-refractivity contribution in [2.75, 3.05) is 0 Å². The molecule has 0 aliphatic carbocycles. The van der Waals surface area contributed by atoms with Gasteiger partial charge in [0.25, 0.3) is 0 Å². The molecule has 0 fully saturated rings. The topological polar surface area (TPSA) is 52.1 Å². The molecule has 4 heteroatoms. The SMILES string of the molecule is c1ccc(-c2cccc(-c3nc(-c4cc(-c5cc6ccccc6c6ccccc56)cc5oc6ccccc6c45)nc4c3oc3ccccc34)c2)cc1. The molecule has 3 heterocycles. The van der Waals surface area contributed by atoms with Crippen LogP contribution in [0.3, 0.4) is 0 Å². The van der Waals surface area contributed by atoms with E-state index in [0.29, 0.717) is 11.4 Å². The van der Waals surface area contributed by atoms with Crippen LogP contribution >= 0.6 is 0 Å². The molecular formula is C48H28N2O2. The van der Waals surface area contributed by atoms with Crippen molar-refractivity contribution in [3.63, 3.8) is 0 Å². The highest BCUT2D eigenvalue weighted by Gasteiger charge is 2.23. The van der Waals surface area contributed by atoms with Gasteiger partial charge in [-0.1, -0.05) is 127 Å². The van der Waals surface area contributed by atoms with Gasteiger partial charge in [0, 0.05) is 27.3 Å². The van der Waals surface area contributed by atoms with Gasteiger partial charge in [0.1, 0.15) is 28.0 Å². The molecular weight excluding hydrogens is 637 g/mol. The lowest BCUT2D eigenvalue weighted by atomic mass is 9.91. The van der Waals surface area contributed by atoms with E-state index in [1.807, 2.05) is 36.4 Å². The Morgan fingerprint density at radius 1 is 0.365 bits per heavy atom. The number of furan rings is 2. The Morgan fingerprint density at radius 2 is 1.02 bits per heavy atom. The van der Waals surface area contributed by atoms with Crippen LogP contribution in [0.2, 0.25) is 0 Å². The minimum Gasteiger partial charge on any atom is -0.456 e. The highest BCUT2D eigenvalue weighted by atomic mass is 16.3. The van der Waals surface area contributed by atoms with Crippen molar-refractivity contribution >= 4 is 65.6 Å². The summed E-state index contributed by atoms with van der Waals surface area (Å²) in [7, 11) is 0. The summed E-state index contributed by atoms with van der Waals surface area (Å²) >= 11 is 0. The first-order valence-electron chi connectivity index (χ1n) is 17.5. The number of fused-ring (bicyclic) bond motifs is 9. The number of rotatable bonds is 4. The van der Waals surface area contributed by atoms with Gasteiger partial charge in [-0.05, 0) is 86.3 Å². The van der Waals surface area contributed by atoms with Gasteiger partial charge in [0.2, 0.25) is 0 Å². The van der Waals surface area contributed by atoms with Crippen LogP contribution in [-0.4, -0.2) is 9.97 Å². The molecule has 0 aliphatic rings. The molecule has 11 aromatic rings. The molecule has 0 radical (unpaired) electrons. The molecule has 8 aromatic carbocycles. The third kappa shape index (κ3) is 4.41. The molecule has 4 nitrogen and oxygen atoms in total. The monoisotopic (exact) mass is 664 g/mol. The van der Waals surface area contributed by atoms with Gasteiger partial charge >= 0.3 is 0 Å². The molecule has 0 amide bonds. The van der Waals surface area contributed by atoms with Crippen LogP contribution in [0, 0.1) is 0 Å². The summed E-state index contributed by atoms with van der Waals surface area (Å²) in [5.41, 5.74) is 10.9. The van der Waals surface area contributed by atoms with Crippen molar-refractivity contribution in [1.82, 2.24) is 9.97 Å². The van der Waals surface area contributed by atoms with E-state index in [-0.39, 0.29) is 0 Å². The maximum Gasteiger partial charge on any atom is 0.180 e. The first-order chi connectivity index (χ1) is 25.8. The number of hydrogen-bond acceptors (Lipinski definition) is 4. The molecule has 0 unspecified atom stereocenters. The highest BCUT2D eigenvalue weighted by Crippen LogP contribution is 2.44. The van der Waals surface area contributed by atoms with Gasteiger partial charge in [-0.25, -0.2) is 9.97 Å². The van der Waals surface area contributed by atoms with Crippen molar-refractivity contribution in [2.24, 2.45) is 0 Å². The molecule has 0 saturated carbocycles. The van der Waals surface area contributed by atoms with Crippen molar-refractivity contribution < 1.29 is 8.83 Å². The van der Waals surface area contributed by atoms with Crippen LogP contribution in [0.15, 0.2) is 179 Å². The van der Waals surface area contributed by atoms with Crippen LogP contribution in [0.25, 0.3) is 110 Å². The molecule has 0 aliphatic heterocycles. The Kier molecular flexibility index (Phi) is 6.22. The van der Waals surface area contributed by atoms with Gasteiger partial charge in [-0.3, -0.25) is 0 Å². The highest BCUT2D eigenvalue weighted by molar-refractivity contribution is 6.17. The average molecular weight is 665 g/mol. The maximum absolute atomic E-state index is 6.62. The minimum atomic E-state index is 0.614. The molecule has 11 rings (SSSR count). The van der Waals surface area contributed by atoms with Crippen molar-refractivity contribution in [2.45, 2.75) is 0 Å². The zero-order chi connectivity index (χ0) is 34.2. The van der Waals surface area contributed by atoms with Crippen molar-refractivity contribution in [3.8, 4) is 44.9 Å². The summed E-state index contributed by atoms with van der Waals surface area (Å²) in [6, 6.07) is 59.2. The van der Waals surface area contributed by atoms with E-state index in [2.05, 4.69) is 133 Å². The number of nitrogens with zero attached hydrogens (tertiary/aromatic N) is 2. The molecule has 52 heavy (non-hydrogen) atoms. The smallest absolute Gasteiger partial charge is 0.180 e. The fourth-order valence-electron chi connectivity index (χ4n) is 7.86. The number of benzene rings is 8. The van der Waals surface area contributed by atoms with Crippen molar-refractivity contribution in [1.29, 1.82) is 0 Å². The molecule has 3 aromatic heterocycles. The standard InChI is InChI=1S/C48H28N2O2/c1-2-13-29(14-3-1)30-16-12-17-32(25-30)45-47-46(38-22-9-11-24-42(38)52-47)50-48(49-45)40-27-33(28-43-44(40)37-21-8-10-23-41(37)51-43)39-26-31-15-4-5-18-34(31)35-19-6-7-20-36(35)39/h1-28H. The average Bonchev–Trinajstić information content (AvgIpc) is 3.79. The molecule has 0 N–H and O–H groups in total. The second-order valence-electron chi connectivity index (χ2n) is 13.3. The summed E-state index contributed by atoms with van der Waals surface area (Å²) in [5.74, 6) is 0.614. The quantitative estimate of drug-likeness (QED) is 0.176. The Hall–Kier alpha value is -7.04. The van der Waals surface area contributed by atoms with Crippen LogP contribution in [0.5, 0.6) is 0 Å². The second kappa shape index (κ2) is 11.2. The number of hydrogen-bond donors (Lipinski definition) is 0.